The van der Waals surface area contributed by atoms with Crippen LogP contribution in [0.2, 0.25) is 0 Å². The zero-order valence-electron chi connectivity index (χ0n) is 11.0. The molecule has 1 aromatic rings. The van der Waals surface area contributed by atoms with Crippen LogP contribution in [0.1, 0.15) is 30.9 Å². The Labute approximate surface area is 112 Å². The largest absolute Gasteiger partial charge is 0.392 e. The van der Waals surface area contributed by atoms with Gasteiger partial charge in [0.2, 0.25) is 10.0 Å². The lowest BCUT2D eigenvalue weighted by Crippen LogP contribution is -2.30. The van der Waals surface area contributed by atoms with E-state index in [-0.39, 0.29) is 21.4 Å². The molecule has 0 bridgehead atoms. The highest BCUT2D eigenvalue weighted by molar-refractivity contribution is 7.89. The van der Waals surface area contributed by atoms with Crippen LogP contribution in [0.4, 0.5) is 4.39 Å². The fraction of sp³-hybridized carbons (Fsp3) is 0.538. The molecule has 4 nitrogen and oxygen atoms in total. The number of halogens is 1. The van der Waals surface area contributed by atoms with Crippen LogP contribution in [0.5, 0.6) is 0 Å². The Morgan fingerprint density at radius 1 is 1.42 bits per heavy atom. The van der Waals surface area contributed by atoms with Crippen molar-refractivity contribution in [3.63, 3.8) is 0 Å². The first kappa shape index (κ1) is 14.4. The maximum absolute atomic E-state index is 13.6. The predicted octanol–water partition coefficient (Wildman–Crippen LogP) is 1.70. The van der Waals surface area contributed by atoms with E-state index in [4.69, 9.17) is 5.11 Å². The molecule has 0 saturated heterocycles. The van der Waals surface area contributed by atoms with Gasteiger partial charge in [-0.15, -0.1) is 0 Å². The molecule has 0 aliphatic heterocycles. The summed E-state index contributed by atoms with van der Waals surface area (Å²) in [5.74, 6) is -0.621. The van der Waals surface area contributed by atoms with Gasteiger partial charge in [0.1, 0.15) is 5.82 Å². The molecule has 6 heteroatoms. The monoisotopic (exact) mass is 287 g/mol. The first-order chi connectivity index (χ1) is 8.77. The Bertz CT molecular complexity index is 594. The molecule has 106 valence electrons. The van der Waals surface area contributed by atoms with Crippen LogP contribution in [-0.4, -0.2) is 20.1 Å². The number of nitrogens with one attached hydrogen (secondary N) is 1. The summed E-state index contributed by atoms with van der Waals surface area (Å²) in [6, 6.07) is 2.46. The van der Waals surface area contributed by atoms with Gasteiger partial charge in [-0.05, 0) is 42.9 Å². The first-order valence-corrected chi connectivity index (χ1v) is 7.65. The van der Waals surface area contributed by atoms with Crippen molar-refractivity contribution in [1.82, 2.24) is 4.72 Å². The fourth-order valence-corrected chi connectivity index (χ4v) is 3.32. The van der Waals surface area contributed by atoms with E-state index >= 15 is 0 Å². The summed E-state index contributed by atoms with van der Waals surface area (Å²) in [6.45, 7) is 3.40. The SMILES string of the molecule is Cc1c(F)cc(CO)cc1S(=O)(=O)NCC1(C)CC1. The summed E-state index contributed by atoms with van der Waals surface area (Å²) in [6.07, 6.45) is 2.00. The van der Waals surface area contributed by atoms with Gasteiger partial charge in [0, 0.05) is 12.1 Å². The Morgan fingerprint density at radius 2 is 2.05 bits per heavy atom. The summed E-state index contributed by atoms with van der Waals surface area (Å²) in [4.78, 5) is -0.0965. The molecule has 2 rings (SSSR count). The minimum absolute atomic E-state index is 0.0358. The minimum atomic E-state index is -3.74. The Balaban J connectivity index is 2.30. The molecule has 19 heavy (non-hydrogen) atoms. The predicted molar refractivity (Wildman–Crippen MR) is 69.6 cm³/mol. The third-order valence-electron chi connectivity index (χ3n) is 3.62. The van der Waals surface area contributed by atoms with Crippen molar-refractivity contribution in [2.45, 2.75) is 38.2 Å². The molecule has 2 N–H and O–H groups in total. The van der Waals surface area contributed by atoms with E-state index in [0.717, 1.165) is 18.9 Å². The van der Waals surface area contributed by atoms with Crippen LogP contribution in [-0.2, 0) is 16.6 Å². The second-order valence-electron chi connectivity index (χ2n) is 5.49. The molecule has 1 aliphatic carbocycles. The smallest absolute Gasteiger partial charge is 0.240 e. The van der Waals surface area contributed by atoms with E-state index in [9.17, 15) is 12.8 Å². The molecule has 0 spiro atoms. The van der Waals surface area contributed by atoms with Gasteiger partial charge in [0.25, 0.3) is 0 Å². The van der Waals surface area contributed by atoms with Crippen molar-refractivity contribution in [2.75, 3.05) is 6.54 Å². The lowest BCUT2D eigenvalue weighted by Gasteiger charge is -2.14. The molecule has 1 aromatic carbocycles. The van der Waals surface area contributed by atoms with Gasteiger partial charge in [-0.25, -0.2) is 17.5 Å². The molecule has 1 fully saturated rings. The zero-order valence-corrected chi connectivity index (χ0v) is 11.8. The van der Waals surface area contributed by atoms with Gasteiger partial charge in [-0.1, -0.05) is 6.92 Å². The fourth-order valence-electron chi connectivity index (χ4n) is 1.81. The van der Waals surface area contributed by atoms with E-state index in [1.807, 2.05) is 6.92 Å². The molecule has 0 aromatic heterocycles. The molecular formula is C13H18FNO3S. The number of aliphatic hydroxyl groups is 1. The summed E-state index contributed by atoms with van der Waals surface area (Å²) in [5, 5.41) is 9.03. The maximum Gasteiger partial charge on any atom is 0.240 e. The average molecular weight is 287 g/mol. The van der Waals surface area contributed by atoms with Crippen LogP contribution in [0, 0.1) is 18.2 Å². The molecule has 0 radical (unpaired) electrons. The molecule has 1 saturated carbocycles. The van der Waals surface area contributed by atoms with E-state index in [2.05, 4.69) is 4.72 Å². The molecular weight excluding hydrogens is 269 g/mol. The Hall–Kier alpha value is -0.980. The average Bonchev–Trinajstić information content (AvgIpc) is 3.09. The van der Waals surface area contributed by atoms with Gasteiger partial charge in [0.15, 0.2) is 0 Å². The Morgan fingerprint density at radius 3 is 2.58 bits per heavy atom. The van der Waals surface area contributed by atoms with E-state index in [1.54, 1.807) is 0 Å². The van der Waals surface area contributed by atoms with Gasteiger partial charge in [-0.3, -0.25) is 0 Å². The van der Waals surface area contributed by atoms with Crippen LogP contribution in [0.15, 0.2) is 17.0 Å². The highest BCUT2D eigenvalue weighted by atomic mass is 32.2. The van der Waals surface area contributed by atoms with E-state index < -0.39 is 22.4 Å². The number of hydrogen-bond donors (Lipinski definition) is 2. The molecule has 0 unspecified atom stereocenters. The first-order valence-electron chi connectivity index (χ1n) is 6.17. The summed E-state index contributed by atoms with van der Waals surface area (Å²) in [5.41, 5.74) is 0.362. The number of rotatable bonds is 5. The minimum Gasteiger partial charge on any atom is -0.392 e. The van der Waals surface area contributed by atoms with E-state index in [0.29, 0.717) is 6.54 Å². The van der Waals surface area contributed by atoms with Gasteiger partial charge in [0.05, 0.1) is 11.5 Å². The normalized spacial score (nSPS) is 17.5. The van der Waals surface area contributed by atoms with Gasteiger partial charge < -0.3 is 5.11 Å². The lowest BCUT2D eigenvalue weighted by molar-refractivity contribution is 0.281. The third-order valence-corrected chi connectivity index (χ3v) is 5.15. The third kappa shape index (κ3) is 3.13. The topological polar surface area (TPSA) is 66.4 Å². The molecule has 1 aliphatic rings. The van der Waals surface area contributed by atoms with Crippen molar-refractivity contribution in [3.05, 3.63) is 29.1 Å². The van der Waals surface area contributed by atoms with Crippen LogP contribution in [0.3, 0.4) is 0 Å². The van der Waals surface area contributed by atoms with Gasteiger partial charge in [-0.2, -0.15) is 0 Å². The summed E-state index contributed by atoms with van der Waals surface area (Å²) in [7, 11) is -3.74. The van der Waals surface area contributed by atoms with Crippen molar-refractivity contribution in [3.8, 4) is 0 Å². The molecule has 0 amide bonds. The van der Waals surface area contributed by atoms with Crippen molar-refractivity contribution in [2.24, 2.45) is 5.41 Å². The lowest BCUT2D eigenvalue weighted by atomic mass is 10.1. The number of sulfonamides is 1. The van der Waals surface area contributed by atoms with Crippen molar-refractivity contribution in [1.29, 1.82) is 0 Å². The van der Waals surface area contributed by atoms with E-state index in [1.165, 1.54) is 13.0 Å². The van der Waals surface area contributed by atoms with Crippen molar-refractivity contribution >= 4 is 10.0 Å². The Kier molecular flexibility index (Phi) is 3.68. The summed E-state index contributed by atoms with van der Waals surface area (Å²) >= 11 is 0. The maximum atomic E-state index is 13.6. The molecule has 0 atom stereocenters. The van der Waals surface area contributed by atoms with Gasteiger partial charge >= 0.3 is 0 Å². The van der Waals surface area contributed by atoms with Crippen LogP contribution in [0.25, 0.3) is 0 Å². The standard InChI is InChI=1S/C13H18FNO3S/c1-9-11(14)5-10(7-16)6-12(9)19(17,18)15-8-13(2)3-4-13/h5-6,15-16H,3-4,7-8H2,1-2H3. The highest BCUT2D eigenvalue weighted by Gasteiger charge is 2.38. The quantitative estimate of drug-likeness (QED) is 0.866. The van der Waals surface area contributed by atoms with Crippen LogP contribution < -0.4 is 4.72 Å². The second-order valence-corrected chi connectivity index (χ2v) is 7.23. The van der Waals surface area contributed by atoms with Crippen LogP contribution >= 0.6 is 0 Å². The zero-order chi connectivity index (χ0) is 14.3. The molecule has 0 heterocycles. The highest BCUT2D eigenvalue weighted by Crippen LogP contribution is 2.44. The number of hydrogen-bond acceptors (Lipinski definition) is 3. The second kappa shape index (κ2) is 4.85. The number of aliphatic hydroxyl groups excluding tert-OH is 1. The van der Waals surface area contributed by atoms with Crippen molar-refractivity contribution < 1.29 is 17.9 Å². The summed E-state index contributed by atoms with van der Waals surface area (Å²) < 4.78 is 40.5. The number of benzene rings is 1.